The lowest BCUT2D eigenvalue weighted by Crippen LogP contribution is -2.30. The van der Waals surface area contributed by atoms with Gasteiger partial charge in [0.05, 0.1) is 0 Å². The van der Waals surface area contributed by atoms with Crippen molar-refractivity contribution in [2.75, 3.05) is 0 Å². The molecule has 148 valence electrons. The number of aliphatic hydroxyl groups is 1. The predicted molar refractivity (Wildman–Crippen MR) is 111 cm³/mol. The summed E-state index contributed by atoms with van der Waals surface area (Å²) in [6.45, 7) is 2.07. The van der Waals surface area contributed by atoms with Gasteiger partial charge in [-0.1, -0.05) is 67.7 Å². The third-order valence-corrected chi connectivity index (χ3v) is 3.49. The van der Waals surface area contributed by atoms with Crippen molar-refractivity contribution in [1.82, 2.24) is 0 Å². The molecule has 0 bridgehead atoms. The van der Waals surface area contributed by atoms with Crippen molar-refractivity contribution in [3.63, 3.8) is 0 Å². The molecule has 0 heterocycles. The van der Waals surface area contributed by atoms with Crippen molar-refractivity contribution >= 4 is 6.29 Å². The summed E-state index contributed by atoms with van der Waals surface area (Å²) in [5, 5.41) is 21.1. The molecule has 2 atom stereocenters. The molecule has 0 saturated carbocycles. The van der Waals surface area contributed by atoms with E-state index < -0.39 is 17.1 Å². The Labute approximate surface area is 162 Å². The first-order chi connectivity index (χ1) is 13.1. The van der Waals surface area contributed by atoms with Crippen LogP contribution < -0.4 is 0 Å². The highest BCUT2D eigenvalue weighted by atomic mass is 16.6. The Morgan fingerprint density at radius 1 is 0.852 bits per heavy atom. The van der Waals surface area contributed by atoms with Gasteiger partial charge in [-0.15, -0.1) is 0 Å². The van der Waals surface area contributed by atoms with E-state index in [0.29, 0.717) is 19.3 Å². The predicted octanol–water partition coefficient (Wildman–Crippen LogP) is 4.89. The van der Waals surface area contributed by atoms with Crippen molar-refractivity contribution in [1.29, 1.82) is 0 Å². The fourth-order valence-electron chi connectivity index (χ4n) is 2.05. The molecule has 0 aromatic carbocycles. The van der Waals surface area contributed by atoms with Gasteiger partial charge in [0.15, 0.2) is 0 Å². The van der Waals surface area contributed by atoms with Gasteiger partial charge in [-0.2, -0.15) is 0 Å². The number of carbonyl (C=O) groups excluding carboxylic acids is 1. The molecule has 0 radical (unpaired) electrons. The molecule has 0 fully saturated rings. The van der Waals surface area contributed by atoms with Gasteiger partial charge >= 0.3 is 0 Å². The second-order valence-corrected chi connectivity index (χ2v) is 5.78. The Morgan fingerprint density at radius 3 is 2.15 bits per heavy atom. The molecule has 0 aromatic rings. The Kier molecular flexibility index (Phi) is 16.6. The number of hydrogen-bond acceptors (Lipinski definition) is 4. The zero-order valence-corrected chi connectivity index (χ0v) is 16.0. The van der Waals surface area contributed by atoms with Crippen molar-refractivity contribution in [3.8, 4) is 0 Å². The molecule has 0 saturated heterocycles. The lowest BCUT2D eigenvalue weighted by Gasteiger charge is -2.08. The Balaban J connectivity index is 4.33. The van der Waals surface area contributed by atoms with Crippen LogP contribution in [0.1, 0.15) is 45.4 Å². The van der Waals surface area contributed by atoms with Crippen LogP contribution in [-0.2, 0) is 4.79 Å². The molecular weight excluding hydrogens is 342 g/mol. The van der Waals surface area contributed by atoms with Gasteiger partial charge in [0.2, 0.25) is 0 Å². The summed E-state index contributed by atoms with van der Waals surface area (Å²) in [5.74, 6) is 0. The molecule has 27 heavy (non-hydrogen) atoms. The SMILES string of the molecule is CC/C=C\C/C=C\C/C=C\C(C(O)/C=C\C=C/C/C=C\CCC=O)[N+](=O)[O-]. The summed E-state index contributed by atoms with van der Waals surface area (Å²) in [6.07, 6.45) is 25.9. The smallest absolute Gasteiger partial charge is 0.260 e. The fourth-order valence-corrected chi connectivity index (χ4v) is 2.05. The van der Waals surface area contributed by atoms with Crippen molar-refractivity contribution in [3.05, 3.63) is 83.0 Å². The maximum Gasteiger partial charge on any atom is 0.260 e. The van der Waals surface area contributed by atoms with Crippen molar-refractivity contribution in [2.24, 2.45) is 0 Å². The number of aldehydes is 1. The van der Waals surface area contributed by atoms with Gasteiger partial charge in [0, 0.05) is 11.3 Å². The summed E-state index contributed by atoms with van der Waals surface area (Å²) in [4.78, 5) is 20.8. The molecule has 0 aromatic heterocycles. The molecule has 0 rings (SSSR count). The van der Waals surface area contributed by atoms with Crippen LogP contribution in [0.25, 0.3) is 0 Å². The molecular formula is C22H31NO4. The van der Waals surface area contributed by atoms with Crippen LogP contribution in [0.4, 0.5) is 0 Å². The Morgan fingerprint density at radius 2 is 1.48 bits per heavy atom. The van der Waals surface area contributed by atoms with E-state index in [4.69, 9.17) is 0 Å². The van der Waals surface area contributed by atoms with E-state index in [1.165, 1.54) is 12.2 Å². The lowest BCUT2D eigenvalue weighted by molar-refractivity contribution is -0.518. The van der Waals surface area contributed by atoms with Gasteiger partial charge in [-0.3, -0.25) is 10.1 Å². The normalized spacial score (nSPS) is 15.2. The average Bonchev–Trinajstić information content (AvgIpc) is 2.65. The molecule has 0 aliphatic heterocycles. The zero-order valence-electron chi connectivity index (χ0n) is 16.0. The van der Waals surface area contributed by atoms with Crippen LogP contribution in [0.2, 0.25) is 0 Å². The van der Waals surface area contributed by atoms with E-state index in [0.717, 1.165) is 25.5 Å². The van der Waals surface area contributed by atoms with E-state index in [9.17, 15) is 20.0 Å². The number of allylic oxidation sites excluding steroid dienone is 10. The standard InChI is InChI=1S/C22H31NO4/c1-2-3-4-5-6-9-12-15-18-21(23(26)27)22(25)19-16-13-10-7-8-11-14-17-20-24/h3-4,6,8-11,13,15-16,18-22,25H,2,5,7,12,14,17H2,1H3/b4-3-,9-6-,11-8-,13-10-,18-15-,19-16-. The van der Waals surface area contributed by atoms with E-state index in [1.807, 2.05) is 30.4 Å². The summed E-state index contributed by atoms with van der Waals surface area (Å²) in [7, 11) is 0. The summed E-state index contributed by atoms with van der Waals surface area (Å²) in [6, 6.07) is -1.16. The highest BCUT2D eigenvalue weighted by Crippen LogP contribution is 2.04. The maximum atomic E-state index is 11.1. The van der Waals surface area contributed by atoms with Crippen molar-refractivity contribution in [2.45, 2.75) is 57.6 Å². The third-order valence-electron chi connectivity index (χ3n) is 3.49. The van der Waals surface area contributed by atoms with Gasteiger partial charge in [0.1, 0.15) is 12.4 Å². The van der Waals surface area contributed by atoms with Crippen molar-refractivity contribution < 1.29 is 14.8 Å². The third kappa shape index (κ3) is 15.4. The van der Waals surface area contributed by atoms with Crippen LogP contribution in [0.3, 0.4) is 0 Å². The van der Waals surface area contributed by atoms with Crippen LogP contribution >= 0.6 is 0 Å². The van der Waals surface area contributed by atoms with Crippen LogP contribution in [-0.4, -0.2) is 28.5 Å². The second-order valence-electron chi connectivity index (χ2n) is 5.78. The maximum absolute atomic E-state index is 11.1. The molecule has 0 aliphatic rings. The molecule has 1 N–H and O–H groups in total. The number of carbonyl (C=O) groups is 1. The van der Waals surface area contributed by atoms with E-state index >= 15 is 0 Å². The lowest BCUT2D eigenvalue weighted by atomic mass is 10.1. The van der Waals surface area contributed by atoms with Crippen LogP contribution in [0.15, 0.2) is 72.9 Å². The molecule has 0 spiro atoms. The zero-order chi connectivity index (χ0) is 20.2. The number of rotatable bonds is 15. The van der Waals surface area contributed by atoms with Gasteiger partial charge < -0.3 is 9.90 Å². The highest BCUT2D eigenvalue weighted by molar-refractivity contribution is 5.49. The molecule has 0 amide bonds. The monoisotopic (exact) mass is 373 g/mol. The molecule has 0 aliphatic carbocycles. The van der Waals surface area contributed by atoms with Gasteiger partial charge in [-0.25, -0.2) is 0 Å². The van der Waals surface area contributed by atoms with Gasteiger partial charge in [-0.05, 0) is 44.3 Å². The van der Waals surface area contributed by atoms with Crippen LogP contribution in [0, 0.1) is 10.1 Å². The minimum Gasteiger partial charge on any atom is -0.381 e. The number of nitrogens with zero attached hydrogens (tertiary/aromatic N) is 1. The number of aliphatic hydroxyl groups excluding tert-OH is 1. The summed E-state index contributed by atoms with van der Waals surface area (Å²) in [5.41, 5.74) is 0. The van der Waals surface area contributed by atoms with E-state index in [1.54, 1.807) is 18.2 Å². The molecule has 2 unspecified atom stereocenters. The first kappa shape index (κ1) is 24.5. The number of nitro groups is 1. The molecule has 5 nitrogen and oxygen atoms in total. The fraction of sp³-hybridized carbons (Fsp3) is 0.409. The quantitative estimate of drug-likeness (QED) is 0.111. The average molecular weight is 373 g/mol. The van der Waals surface area contributed by atoms with E-state index in [2.05, 4.69) is 19.1 Å². The Hall–Kier alpha value is -2.53. The highest BCUT2D eigenvalue weighted by Gasteiger charge is 2.23. The minimum atomic E-state index is -1.18. The first-order valence-corrected chi connectivity index (χ1v) is 9.33. The first-order valence-electron chi connectivity index (χ1n) is 9.33. The Bertz CT molecular complexity index is 571. The summed E-state index contributed by atoms with van der Waals surface area (Å²) < 4.78 is 0. The number of unbranched alkanes of at least 4 members (excludes halogenated alkanes) is 1. The largest absolute Gasteiger partial charge is 0.381 e. The summed E-state index contributed by atoms with van der Waals surface area (Å²) >= 11 is 0. The number of hydrogen-bond donors (Lipinski definition) is 1. The minimum absolute atomic E-state index is 0.487. The topological polar surface area (TPSA) is 80.4 Å². The van der Waals surface area contributed by atoms with E-state index in [-0.39, 0.29) is 0 Å². The van der Waals surface area contributed by atoms with Gasteiger partial charge in [0.25, 0.3) is 6.04 Å². The van der Waals surface area contributed by atoms with Crippen LogP contribution in [0.5, 0.6) is 0 Å². The second kappa shape index (κ2) is 18.3. The molecule has 5 heteroatoms.